The zero-order valence-corrected chi connectivity index (χ0v) is 16.2. The second kappa shape index (κ2) is 6.39. The number of aromatic nitrogens is 3. The van der Waals surface area contributed by atoms with Crippen molar-refractivity contribution in [3.05, 3.63) is 56.1 Å². The molecule has 27 heavy (non-hydrogen) atoms. The zero-order valence-electron chi connectivity index (χ0n) is 14.6. The molecular weight excluding hydrogens is 388 g/mol. The summed E-state index contributed by atoms with van der Waals surface area (Å²) in [7, 11) is 0. The summed E-state index contributed by atoms with van der Waals surface area (Å²) in [6.45, 7) is 5.27. The van der Waals surface area contributed by atoms with Gasteiger partial charge >= 0.3 is 0 Å². The molecular formula is C17H14N4O4S2. The van der Waals surface area contributed by atoms with Gasteiger partial charge in [-0.1, -0.05) is 11.3 Å². The molecule has 8 nitrogen and oxygen atoms in total. The Morgan fingerprint density at radius 1 is 1.22 bits per heavy atom. The number of ketones is 1. The minimum absolute atomic E-state index is 0.0467. The van der Waals surface area contributed by atoms with Gasteiger partial charge in [-0.2, -0.15) is 0 Å². The van der Waals surface area contributed by atoms with E-state index in [0.717, 1.165) is 5.01 Å². The van der Waals surface area contributed by atoms with Crippen molar-refractivity contribution in [2.45, 2.75) is 26.8 Å². The van der Waals surface area contributed by atoms with Crippen LogP contribution in [0.5, 0.6) is 0 Å². The molecule has 0 aromatic carbocycles. The monoisotopic (exact) mass is 402 g/mol. The molecule has 0 bridgehead atoms. The predicted molar refractivity (Wildman–Crippen MR) is 99.2 cm³/mol. The molecule has 1 atom stereocenters. The Hall–Kier alpha value is -2.85. The number of rotatable bonds is 4. The van der Waals surface area contributed by atoms with Gasteiger partial charge in [-0.25, -0.2) is 4.98 Å². The Morgan fingerprint density at radius 2 is 2.00 bits per heavy atom. The van der Waals surface area contributed by atoms with Gasteiger partial charge in [0.25, 0.3) is 5.91 Å². The van der Waals surface area contributed by atoms with E-state index in [4.69, 9.17) is 4.42 Å². The van der Waals surface area contributed by atoms with E-state index in [0.29, 0.717) is 21.3 Å². The van der Waals surface area contributed by atoms with Gasteiger partial charge in [0.15, 0.2) is 5.76 Å². The SMILES string of the molecule is Cc1nnc(N2C(=O)C(O)=C(C(=O)c3sc(C)nc3C)C2c2ccco2)s1. The van der Waals surface area contributed by atoms with Crippen LogP contribution in [0.1, 0.15) is 37.2 Å². The van der Waals surface area contributed by atoms with E-state index in [9.17, 15) is 14.7 Å². The number of amides is 1. The fraction of sp³-hybridized carbons (Fsp3) is 0.235. The lowest BCUT2D eigenvalue weighted by Gasteiger charge is -2.21. The molecule has 1 unspecified atom stereocenters. The molecule has 3 aromatic rings. The third-order valence-corrected chi connectivity index (χ3v) is 6.01. The van der Waals surface area contributed by atoms with Gasteiger partial charge in [0.1, 0.15) is 16.8 Å². The molecule has 1 N–H and O–H groups in total. The summed E-state index contributed by atoms with van der Waals surface area (Å²) in [5.41, 5.74) is 0.508. The van der Waals surface area contributed by atoms with Gasteiger partial charge in [0, 0.05) is 0 Å². The van der Waals surface area contributed by atoms with Crippen LogP contribution in [-0.2, 0) is 4.79 Å². The van der Waals surface area contributed by atoms with E-state index in [-0.39, 0.29) is 10.7 Å². The third kappa shape index (κ3) is 2.77. The number of hydrogen-bond acceptors (Lipinski definition) is 9. The largest absolute Gasteiger partial charge is 0.503 e. The number of hydrogen-bond donors (Lipinski definition) is 1. The van der Waals surface area contributed by atoms with Crippen LogP contribution in [0.25, 0.3) is 0 Å². The van der Waals surface area contributed by atoms with Crippen LogP contribution >= 0.6 is 22.7 Å². The molecule has 1 aliphatic heterocycles. The fourth-order valence-corrected chi connectivity index (χ4v) is 4.59. The Labute approximate surface area is 161 Å². The van der Waals surface area contributed by atoms with Gasteiger partial charge in [0.05, 0.1) is 27.4 Å². The molecule has 3 aromatic heterocycles. The Morgan fingerprint density at radius 3 is 2.56 bits per heavy atom. The molecule has 0 saturated heterocycles. The van der Waals surface area contributed by atoms with Crippen molar-refractivity contribution >= 4 is 39.5 Å². The molecule has 138 valence electrons. The summed E-state index contributed by atoms with van der Waals surface area (Å²) in [6, 6.07) is 2.38. The highest BCUT2D eigenvalue weighted by Crippen LogP contribution is 2.43. The second-order valence-corrected chi connectivity index (χ2v) is 8.30. The minimum atomic E-state index is -0.922. The van der Waals surface area contributed by atoms with E-state index in [1.54, 1.807) is 32.9 Å². The number of aryl methyl sites for hydroxylation is 3. The van der Waals surface area contributed by atoms with Gasteiger partial charge in [-0.05, 0) is 32.9 Å². The molecule has 0 saturated carbocycles. The van der Waals surface area contributed by atoms with Crippen molar-refractivity contribution < 1.29 is 19.1 Å². The number of furan rings is 1. The van der Waals surface area contributed by atoms with E-state index in [1.807, 2.05) is 0 Å². The number of carbonyl (C=O) groups is 2. The third-order valence-electron chi connectivity index (χ3n) is 4.10. The smallest absolute Gasteiger partial charge is 0.296 e. The van der Waals surface area contributed by atoms with Crippen LogP contribution in [0.2, 0.25) is 0 Å². The van der Waals surface area contributed by atoms with Crippen LogP contribution < -0.4 is 4.90 Å². The summed E-state index contributed by atoms with van der Waals surface area (Å²) >= 11 is 2.41. The van der Waals surface area contributed by atoms with Crippen LogP contribution in [-0.4, -0.2) is 32.0 Å². The lowest BCUT2D eigenvalue weighted by molar-refractivity contribution is -0.117. The van der Waals surface area contributed by atoms with Gasteiger partial charge < -0.3 is 9.52 Å². The molecule has 0 radical (unpaired) electrons. The number of anilines is 1. The number of thiazole rings is 1. The fourth-order valence-electron chi connectivity index (χ4n) is 3.00. The first-order chi connectivity index (χ1) is 12.9. The topological polar surface area (TPSA) is 109 Å². The molecule has 0 aliphatic carbocycles. The lowest BCUT2D eigenvalue weighted by atomic mass is 10.00. The number of aliphatic hydroxyl groups excluding tert-OH is 1. The summed E-state index contributed by atoms with van der Waals surface area (Å²) in [6.07, 6.45) is 1.45. The van der Waals surface area contributed by atoms with Crippen LogP contribution in [0.3, 0.4) is 0 Å². The van der Waals surface area contributed by atoms with Gasteiger partial charge in [-0.15, -0.1) is 21.5 Å². The van der Waals surface area contributed by atoms with Gasteiger partial charge in [0.2, 0.25) is 10.9 Å². The van der Waals surface area contributed by atoms with Gasteiger partial charge in [-0.3, -0.25) is 14.5 Å². The maximum absolute atomic E-state index is 13.2. The average Bonchev–Trinajstić information content (AvgIpc) is 3.37. The standard InChI is InChI=1S/C17H14N4O4S2/c1-7-15(26-8(2)18-7)13(22)11-12(10-5-4-6-25-10)21(16(24)14(11)23)17-20-19-9(3)27-17/h4-6,12,23H,1-3H3. The zero-order chi connectivity index (χ0) is 19.3. The van der Waals surface area contributed by atoms with Crippen molar-refractivity contribution in [3.63, 3.8) is 0 Å². The second-order valence-electron chi connectivity index (χ2n) is 5.94. The summed E-state index contributed by atoms with van der Waals surface area (Å²) in [5.74, 6) is -1.42. The number of aliphatic hydroxyl groups is 1. The van der Waals surface area contributed by atoms with E-state index >= 15 is 0 Å². The average molecular weight is 402 g/mol. The first kappa shape index (κ1) is 17.6. The molecule has 1 amide bonds. The van der Waals surface area contributed by atoms with Crippen molar-refractivity contribution in [1.29, 1.82) is 0 Å². The summed E-state index contributed by atoms with van der Waals surface area (Å²) in [4.78, 5) is 31.9. The van der Waals surface area contributed by atoms with Crippen molar-refractivity contribution in [2.24, 2.45) is 0 Å². The quantitative estimate of drug-likeness (QED) is 0.667. The normalized spacial score (nSPS) is 17.2. The van der Waals surface area contributed by atoms with E-state index in [2.05, 4.69) is 15.2 Å². The van der Waals surface area contributed by atoms with Crippen molar-refractivity contribution in [3.8, 4) is 0 Å². The van der Waals surface area contributed by atoms with E-state index in [1.165, 1.54) is 33.8 Å². The molecule has 4 rings (SSSR count). The molecule has 1 aliphatic rings. The Bertz CT molecular complexity index is 1080. The maximum Gasteiger partial charge on any atom is 0.296 e. The van der Waals surface area contributed by atoms with Crippen molar-refractivity contribution in [2.75, 3.05) is 4.90 Å². The van der Waals surface area contributed by atoms with Crippen LogP contribution in [0, 0.1) is 20.8 Å². The number of carbonyl (C=O) groups excluding carboxylic acids is 2. The number of Topliss-reactive ketones (excluding diaryl/α,β-unsaturated/α-hetero) is 1. The summed E-state index contributed by atoms with van der Waals surface area (Å²) < 4.78 is 5.48. The highest BCUT2D eigenvalue weighted by Gasteiger charge is 2.47. The van der Waals surface area contributed by atoms with Crippen molar-refractivity contribution in [1.82, 2.24) is 15.2 Å². The molecule has 10 heteroatoms. The van der Waals surface area contributed by atoms with Crippen LogP contribution in [0.4, 0.5) is 5.13 Å². The maximum atomic E-state index is 13.2. The predicted octanol–water partition coefficient (Wildman–Crippen LogP) is 3.30. The molecule has 0 fully saturated rings. The molecule has 4 heterocycles. The highest BCUT2D eigenvalue weighted by molar-refractivity contribution is 7.15. The van der Waals surface area contributed by atoms with Crippen LogP contribution in [0.15, 0.2) is 34.1 Å². The minimum Gasteiger partial charge on any atom is -0.503 e. The number of nitrogens with zero attached hydrogens (tertiary/aromatic N) is 4. The first-order valence-electron chi connectivity index (χ1n) is 7.97. The summed E-state index contributed by atoms with van der Waals surface area (Å²) in [5, 5.41) is 20.2. The highest BCUT2D eigenvalue weighted by atomic mass is 32.1. The van der Waals surface area contributed by atoms with E-state index < -0.39 is 23.5 Å². The molecule has 0 spiro atoms. The Balaban J connectivity index is 1.87. The lowest BCUT2D eigenvalue weighted by Crippen LogP contribution is -2.30. The Kier molecular flexibility index (Phi) is 4.16. The first-order valence-corrected chi connectivity index (χ1v) is 9.60.